The molecular weight excluding hydrogens is 151 g/mol. The second-order valence-electron chi connectivity index (χ2n) is 3.43. The van der Waals surface area contributed by atoms with Crippen molar-refractivity contribution >= 4 is 0 Å². The number of allylic oxidation sites excluding steroid dienone is 5. The first-order valence-electron chi connectivity index (χ1n) is 4.15. The van der Waals surface area contributed by atoms with Crippen LogP contribution in [-0.2, 0) is 0 Å². The highest BCUT2D eigenvalue weighted by Crippen LogP contribution is 2.19. The molecule has 12 heavy (non-hydrogen) atoms. The van der Waals surface area contributed by atoms with E-state index >= 15 is 0 Å². The molecule has 0 N–H and O–H groups in total. The van der Waals surface area contributed by atoms with Gasteiger partial charge in [0.05, 0.1) is 0 Å². The standard InChI is InChI=1S/C11H17F/c1-8(2)6-7-11(9(3)4)10(5)12/h6-7,9H,5H2,1-4H3/b11-7-. The smallest absolute Gasteiger partial charge is 0.119 e. The highest BCUT2D eigenvalue weighted by atomic mass is 19.1. The van der Waals surface area contributed by atoms with Gasteiger partial charge in [0, 0.05) is 0 Å². The first kappa shape index (κ1) is 11.2. The summed E-state index contributed by atoms with van der Waals surface area (Å²) in [6, 6.07) is 0. The van der Waals surface area contributed by atoms with Crippen molar-refractivity contribution in [3.8, 4) is 0 Å². The van der Waals surface area contributed by atoms with Crippen molar-refractivity contribution < 1.29 is 4.39 Å². The van der Waals surface area contributed by atoms with Gasteiger partial charge in [-0.25, -0.2) is 4.39 Å². The van der Waals surface area contributed by atoms with E-state index in [9.17, 15) is 4.39 Å². The maximum atomic E-state index is 12.8. The van der Waals surface area contributed by atoms with E-state index in [0.717, 1.165) is 5.57 Å². The predicted octanol–water partition coefficient (Wildman–Crippen LogP) is 4.02. The van der Waals surface area contributed by atoms with Crippen molar-refractivity contribution in [2.24, 2.45) is 5.92 Å². The van der Waals surface area contributed by atoms with Crippen LogP contribution in [0, 0.1) is 5.92 Å². The van der Waals surface area contributed by atoms with Crippen molar-refractivity contribution in [3.05, 3.63) is 35.7 Å². The molecule has 0 spiro atoms. The summed E-state index contributed by atoms with van der Waals surface area (Å²) in [5.74, 6) is -0.138. The molecule has 0 aliphatic carbocycles. The second kappa shape index (κ2) is 4.91. The Hall–Kier alpha value is -0.850. The van der Waals surface area contributed by atoms with Crippen molar-refractivity contribution in [3.63, 3.8) is 0 Å². The molecule has 68 valence electrons. The normalized spacial score (nSPS) is 11.7. The van der Waals surface area contributed by atoms with Gasteiger partial charge in [-0.05, 0) is 25.3 Å². The van der Waals surface area contributed by atoms with E-state index in [1.807, 2.05) is 33.8 Å². The molecule has 0 aromatic rings. The lowest BCUT2D eigenvalue weighted by molar-refractivity contribution is 0.612. The van der Waals surface area contributed by atoms with Gasteiger partial charge < -0.3 is 0 Å². The molecule has 0 saturated carbocycles. The summed E-state index contributed by atoms with van der Waals surface area (Å²) in [4.78, 5) is 0. The van der Waals surface area contributed by atoms with Gasteiger partial charge in [0.25, 0.3) is 0 Å². The van der Waals surface area contributed by atoms with Crippen LogP contribution < -0.4 is 0 Å². The molecule has 0 aliphatic rings. The molecular formula is C11H17F. The molecule has 0 atom stereocenters. The summed E-state index contributed by atoms with van der Waals surface area (Å²) >= 11 is 0. The Balaban J connectivity index is 4.63. The largest absolute Gasteiger partial charge is 0.207 e. The molecule has 0 nitrogen and oxygen atoms in total. The molecule has 0 amide bonds. The lowest BCUT2D eigenvalue weighted by Gasteiger charge is -2.06. The van der Waals surface area contributed by atoms with E-state index in [4.69, 9.17) is 0 Å². The van der Waals surface area contributed by atoms with Crippen LogP contribution in [0.3, 0.4) is 0 Å². The van der Waals surface area contributed by atoms with Crippen LogP contribution in [0.25, 0.3) is 0 Å². The van der Waals surface area contributed by atoms with Crippen LogP contribution in [0.5, 0.6) is 0 Å². The minimum absolute atomic E-state index is 0.193. The van der Waals surface area contributed by atoms with E-state index in [2.05, 4.69) is 6.58 Å². The number of hydrogen-bond donors (Lipinski definition) is 0. The first-order chi connectivity index (χ1) is 5.45. The van der Waals surface area contributed by atoms with Gasteiger partial charge in [-0.15, -0.1) is 0 Å². The molecule has 0 saturated heterocycles. The maximum absolute atomic E-state index is 12.8. The highest BCUT2D eigenvalue weighted by molar-refractivity contribution is 5.29. The van der Waals surface area contributed by atoms with Gasteiger partial charge in [-0.1, -0.05) is 38.2 Å². The number of rotatable bonds is 3. The van der Waals surface area contributed by atoms with Gasteiger partial charge >= 0.3 is 0 Å². The second-order valence-corrected chi connectivity index (χ2v) is 3.43. The quantitative estimate of drug-likeness (QED) is 0.558. The molecule has 0 heterocycles. The van der Waals surface area contributed by atoms with Crippen LogP contribution in [0.15, 0.2) is 35.7 Å². The third-order valence-electron chi connectivity index (χ3n) is 1.53. The third-order valence-corrected chi connectivity index (χ3v) is 1.53. The van der Waals surface area contributed by atoms with Gasteiger partial charge in [0.1, 0.15) is 5.83 Å². The Kier molecular flexibility index (Phi) is 4.57. The topological polar surface area (TPSA) is 0 Å². The highest BCUT2D eigenvalue weighted by Gasteiger charge is 2.04. The van der Waals surface area contributed by atoms with Crippen molar-refractivity contribution in [2.45, 2.75) is 27.7 Å². The fourth-order valence-corrected chi connectivity index (χ4v) is 0.853. The van der Waals surface area contributed by atoms with Crippen LogP contribution in [0.2, 0.25) is 0 Å². The third kappa shape index (κ3) is 4.12. The molecule has 0 unspecified atom stereocenters. The minimum Gasteiger partial charge on any atom is -0.207 e. The summed E-state index contributed by atoms with van der Waals surface area (Å²) in [5, 5.41) is 0. The molecule has 0 fully saturated rings. The lowest BCUT2D eigenvalue weighted by Crippen LogP contribution is -1.93. The summed E-state index contributed by atoms with van der Waals surface area (Å²) in [6.45, 7) is 11.2. The molecule has 0 radical (unpaired) electrons. The van der Waals surface area contributed by atoms with Crippen molar-refractivity contribution in [2.75, 3.05) is 0 Å². The first-order valence-corrected chi connectivity index (χ1v) is 4.15. The summed E-state index contributed by atoms with van der Waals surface area (Å²) in [7, 11) is 0. The zero-order valence-electron chi connectivity index (χ0n) is 8.32. The Morgan fingerprint density at radius 3 is 2.00 bits per heavy atom. The Morgan fingerprint density at radius 1 is 1.25 bits per heavy atom. The van der Waals surface area contributed by atoms with Gasteiger partial charge in [-0.3, -0.25) is 0 Å². The van der Waals surface area contributed by atoms with Crippen molar-refractivity contribution in [1.29, 1.82) is 0 Å². The molecule has 0 rings (SSSR count). The van der Waals surface area contributed by atoms with Crippen molar-refractivity contribution in [1.82, 2.24) is 0 Å². The number of halogens is 1. The zero-order chi connectivity index (χ0) is 9.72. The van der Waals surface area contributed by atoms with Crippen LogP contribution in [-0.4, -0.2) is 0 Å². The van der Waals surface area contributed by atoms with Gasteiger partial charge in [-0.2, -0.15) is 0 Å². The van der Waals surface area contributed by atoms with E-state index < -0.39 is 0 Å². The molecule has 0 aromatic carbocycles. The summed E-state index contributed by atoms with van der Waals surface area (Å²) in [6.07, 6.45) is 3.70. The Labute approximate surface area is 74.5 Å². The minimum atomic E-state index is -0.331. The Bertz CT molecular complexity index is 215. The van der Waals surface area contributed by atoms with E-state index in [1.54, 1.807) is 6.08 Å². The number of hydrogen-bond acceptors (Lipinski definition) is 0. The molecule has 0 bridgehead atoms. The van der Waals surface area contributed by atoms with Gasteiger partial charge in [0.15, 0.2) is 0 Å². The van der Waals surface area contributed by atoms with Crippen LogP contribution >= 0.6 is 0 Å². The average Bonchev–Trinajstić information content (AvgIpc) is 1.84. The monoisotopic (exact) mass is 168 g/mol. The van der Waals surface area contributed by atoms with Crippen LogP contribution in [0.4, 0.5) is 4.39 Å². The van der Waals surface area contributed by atoms with E-state index in [-0.39, 0.29) is 11.7 Å². The van der Waals surface area contributed by atoms with E-state index in [0.29, 0.717) is 5.57 Å². The van der Waals surface area contributed by atoms with E-state index in [1.165, 1.54) is 0 Å². The lowest BCUT2D eigenvalue weighted by atomic mass is 10.0. The van der Waals surface area contributed by atoms with Crippen LogP contribution in [0.1, 0.15) is 27.7 Å². The summed E-state index contributed by atoms with van der Waals surface area (Å²) in [5.41, 5.74) is 1.84. The molecule has 1 heteroatoms. The molecule has 0 aliphatic heterocycles. The SMILES string of the molecule is C=C(F)/C(=C\C=C(C)C)C(C)C. The average molecular weight is 168 g/mol. The predicted molar refractivity (Wildman–Crippen MR) is 52.6 cm³/mol. The Morgan fingerprint density at radius 2 is 1.75 bits per heavy atom. The fourth-order valence-electron chi connectivity index (χ4n) is 0.853. The summed E-state index contributed by atoms with van der Waals surface area (Å²) < 4.78 is 12.8. The van der Waals surface area contributed by atoms with Gasteiger partial charge in [0.2, 0.25) is 0 Å². The maximum Gasteiger partial charge on any atom is 0.119 e. The molecule has 0 aromatic heterocycles. The zero-order valence-corrected chi connectivity index (χ0v) is 8.32. The fraction of sp³-hybridized carbons (Fsp3) is 0.455.